The number of thiazole rings is 1. The molecular weight excluding hydrogens is 226 g/mol. The summed E-state index contributed by atoms with van der Waals surface area (Å²) in [5.41, 5.74) is 5.70. The van der Waals surface area contributed by atoms with E-state index >= 15 is 0 Å². The molecule has 0 unspecified atom stereocenters. The topological polar surface area (TPSA) is 60.6 Å². The van der Waals surface area contributed by atoms with Gasteiger partial charge >= 0.3 is 0 Å². The zero-order valence-corrected chi connectivity index (χ0v) is 9.83. The standard InChI is InChI=1S/C10H15N3O2S/c11-8-6-12-9(16-8)13-3-1-2-10(7-13)14-4-5-15-10/h6H,1-5,7,11H2. The molecule has 88 valence electrons. The third kappa shape index (κ3) is 1.77. The van der Waals surface area contributed by atoms with Crippen molar-refractivity contribution in [3.63, 3.8) is 0 Å². The lowest BCUT2D eigenvalue weighted by Crippen LogP contribution is -2.49. The van der Waals surface area contributed by atoms with E-state index in [4.69, 9.17) is 15.2 Å². The van der Waals surface area contributed by atoms with Gasteiger partial charge in [-0.25, -0.2) is 4.98 Å². The van der Waals surface area contributed by atoms with Gasteiger partial charge in [-0.3, -0.25) is 0 Å². The molecule has 2 fully saturated rings. The van der Waals surface area contributed by atoms with Gasteiger partial charge in [0.1, 0.15) is 5.00 Å². The van der Waals surface area contributed by atoms with Crippen molar-refractivity contribution in [3.05, 3.63) is 6.20 Å². The van der Waals surface area contributed by atoms with Crippen molar-refractivity contribution in [2.45, 2.75) is 18.6 Å². The first-order chi connectivity index (χ1) is 7.77. The Morgan fingerprint density at radius 2 is 2.25 bits per heavy atom. The van der Waals surface area contributed by atoms with Crippen molar-refractivity contribution in [1.82, 2.24) is 4.98 Å². The van der Waals surface area contributed by atoms with Gasteiger partial charge in [0.25, 0.3) is 0 Å². The average Bonchev–Trinajstić information content (AvgIpc) is 2.89. The van der Waals surface area contributed by atoms with Crippen LogP contribution in [0.25, 0.3) is 0 Å². The number of nitrogens with zero attached hydrogens (tertiary/aromatic N) is 2. The van der Waals surface area contributed by atoms with E-state index in [1.165, 1.54) is 11.3 Å². The normalized spacial score (nSPS) is 24.1. The summed E-state index contributed by atoms with van der Waals surface area (Å²) in [4.78, 5) is 6.51. The summed E-state index contributed by atoms with van der Waals surface area (Å²) >= 11 is 1.52. The van der Waals surface area contributed by atoms with E-state index in [2.05, 4.69) is 9.88 Å². The molecule has 2 aliphatic heterocycles. The molecule has 5 nitrogen and oxygen atoms in total. The minimum Gasteiger partial charge on any atom is -0.389 e. The third-order valence-corrected chi connectivity index (χ3v) is 3.90. The average molecular weight is 241 g/mol. The molecule has 1 aromatic heterocycles. The van der Waals surface area contributed by atoms with Crippen molar-refractivity contribution in [2.24, 2.45) is 0 Å². The van der Waals surface area contributed by atoms with E-state index in [1.807, 2.05) is 0 Å². The lowest BCUT2D eigenvalue weighted by molar-refractivity contribution is -0.161. The Kier molecular flexibility index (Phi) is 2.49. The first kappa shape index (κ1) is 10.3. The van der Waals surface area contributed by atoms with Gasteiger partial charge < -0.3 is 20.1 Å². The van der Waals surface area contributed by atoms with Crippen LogP contribution in [-0.4, -0.2) is 37.1 Å². The fraction of sp³-hybridized carbons (Fsp3) is 0.700. The quantitative estimate of drug-likeness (QED) is 0.797. The summed E-state index contributed by atoms with van der Waals surface area (Å²) in [5.74, 6) is -0.390. The van der Waals surface area contributed by atoms with Crippen molar-refractivity contribution in [2.75, 3.05) is 36.9 Å². The number of anilines is 2. The van der Waals surface area contributed by atoms with Crippen LogP contribution in [0.1, 0.15) is 12.8 Å². The van der Waals surface area contributed by atoms with Gasteiger partial charge in [0.15, 0.2) is 10.9 Å². The predicted octanol–water partition coefficient (Wildman–Crippen LogP) is 1.07. The van der Waals surface area contributed by atoms with Crippen molar-refractivity contribution < 1.29 is 9.47 Å². The monoisotopic (exact) mass is 241 g/mol. The summed E-state index contributed by atoms with van der Waals surface area (Å²) in [6, 6.07) is 0. The molecule has 0 bridgehead atoms. The van der Waals surface area contributed by atoms with Crippen LogP contribution < -0.4 is 10.6 Å². The van der Waals surface area contributed by atoms with E-state index in [0.717, 1.165) is 36.1 Å². The van der Waals surface area contributed by atoms with Gasteiger partial charge in [-0.1, -0.05) is 11.3 Å². The molecule has 0 atom stereocenters. The molecule has 3 rings (SSSR count). The number of nitrogens with two attached hydrogens (primary N) is 1. The highest BCUT2D eigenvalue weighted by molar-refractivity contribution is 7.19. The number of nitrogen functional groups attached to an aromatic ring is 1. The molecule has 0 amide bonds. The summed E-state index contributed by atoms with van der Waals surface area (Å²) in [6.07, 6.45) is 3.75. The van der Waals surface area contributed by atoms with Crippen LogP contribution >= 0.6 is 11.3 Å². The maximum absolute atomic E-state index is 5.72. The van der Waals surface area contributed by atoms with Crippen LogP contribution in [-0.2, 0) is 9.47 Å². The van der Waals surface area contributed by atoms with Gasteiger partial charge in [-0.15, -0.1) is 0 Å². The summed E-state index contributed by atoms with van der Waals surface area (Å²) in [6.45, 7) is 3.17. The Morgan fingerprint density at radius 3 is 2.94 bits per heavy atom. The number of ether oxygens (including phenoxy) is 2. The summed E-state index contributed by atoms with van der Waals surface area (Å²) < 4.78 is 11.4. The van der Waals surface area contributed by atoms with Crippen LogP contribution in [0.2, 0.25) is 0 Å². The Bertz CT molecular complexity index is 376. The van der Waals surface area contributed by atoms with Gasteiger partial charge in [0.05, 0.1) is 26.0 Å². The molecule has 0 aliphatic carbocycles. The minimum absolute atomic E-state index is 0.390. The maximum Gasteiger partial charge on any atom is 0.187 e. The van der Waals surface area contributed by atoms with Crippen LogP contribution in [0.4, 0.5) is 10.1 Å². The first-order valence-corrected chi connectivity index (χ1v) is 6.33. The molecule has 6 heteroatoms. The van der Waals surface area contributed by atoms with Crippen LogP contribution in [0.3, 0.4) is 0 Å². The molecule has 0 saturated carbocycles. The molecule has 2 aliphatic rings. The number of aromatic nitrogens is 1. The lowest BCUT2D eigenvalue weighted by Gasteiger charge is -2.38. The third-order valence-electron chi connectivity index (χ3n) is 3.01. The molecule has 3 heterocycles. The predicted molar refractivity (Wildman–Crippen MR) is 62.6 cm³/mol. The highest BCUT2D eigenvalue weighted by Crippen LogP contribution is 2.34. The number of rotatable bonds is 1. The zero-order valence-electron chi connectivity index (χ0n) is 9.02. The van der Waals surface area contributed by atoms with E-state index in [9.17, 15) is 0 Å². The van der Waals surface area contributed by atoms with Gasteiger partial charge in [-0.2, -0.15) is 0 Å². The summed E-state index contributed by atoms with van der Waals surface area (Å²) in [5, 5.41) is 1.72. The van der Waals surface area contributed by atoms with Crippen LogP contribution in [0.15, 0.2) is 6.20 Å². The molecule has 2 saturated heterocycles. The Labute approximate surface area is 98.2 Å². The first-order valence-electron chi connectivity index (χ1n) is 5.52. The van der Waals surface area contributed by atoms with Crippen molar-refractivity contribution in [1.29, 1.82) is 0 Å². The van der Waals surface area contributed by atoms with Crippen molar-refractivity contribution in [3.8, 4) is 0 Å². The highest BCUT2D eigenvalue weighted by atomic mass is 32.1. The van der Waals surface area contributed by atoms with E-state index in [-0.39, 0.29) is 0 Å². The highest BCUT2D eigenvalue weighted by Gasteiger charge is 2.41. The summed E-state index contributed by atoms with van der Waals surface area (Å²) in [7, 11) is 0. The molecular formula is C10H15N3O2S. The molecule has 2 N–H and O–H groups in total. The fourth-order valence-electron chi connectivity index (χ4n) is 2.31. The molecule has 0 radical (unpaired) electrons. The minimum atomic E-state index is -0.390. The number of hydrogen-bond acceptors (Lipinski definition) is 6. The zero-order chi connectivity index (χ0) is 11.0. The molecule has 1 aromatic rings. The van der Waals surface area contributed by atoms with Gasteiger partial charge in [0.2, 0.25) is 0 Å². The number of hydrogen-bond donors (Lipinski definition) is 1. The second-order valence-corrected chi connectivity index (χ2v) is 5.22. The van der Waals surface area contributed by atoms with E-state index in [0.29, 0.717) is 13.2 Å². The largest absolute Gasteiger partial charge is 0.389 e. The fourth-order valence-corrected chi connectivity index (χ4v) is 3.01. The SMILES string of the molecule is Nc1cnc(N2CCCC3(C2)OCCO3)s1. The van der Waals surface area contributed by atoms with Crippen LogP contribution in [0.5, 0.6) is 0 Å². The Balaban J connectivity index is 1.77. The Hall–Kier alpha value is -0.850. The second kappa shape index (κ2) is 3.87. The molecule has 1 spiro atoms. The molecule has 0 aromatic carbocycles. The number of piperidine rings is 1. The van der Waals surface area contributed by atoms with Gasteiger partial charge in [-0.05, 0) is 6.42 Å². The molecule has 16 heavy (non-hydrogen) atoms. The Morgan fingerprint density at radius 1 is 1.44 bits per heavy atom. The van der Waals surface area contributed by atoms with Crippen LogP contribution in [0, 0.1) is 0 Å². The van der Waals surface area contributed by atoms with E-state index < -0.39 is 5.79 Å². The maximum atomic E-state index is 5.72. The van der Waals surface area contributed by atoms with E-state index in [1.54, 1.807) is 6.20 Å². The lowest BCUT2D eigenvalue weighted by atomic mass is 10.1. The second-order valence-electron chi connectivity index (χ2n) is 4.18. The van der Waals surface area contributed by atoms with Crippen molar-refractivity contribution >= 4 is 21.5 Å². The van der Waals surface area contributed by atoms with Gasteiger partial charge in [0, 0.05) is 13.0 Å². The smallest absolute Gasteiger partial charge is 0.187 e.